The summed E-state index contributed by atoms with van der Waals surface area (Å²) in [6.07, 6.45) is 4.53. The van der Waals surface area contributed by atoms with E-state index in [0.717, 1.165) is 43.4 Å². The lowest BCUT2D eigenvalue weighted by Gasteiger charge is -2.21. The van der Waals surface area contributed by atoms with Gasteiger partial charge in [0, 0.05) is 19.5 Å². The lowest BCUT2D eigenvalue weighted by atomic mass is 10.0. The number of carbonyl (C=O) groups excluding carboxylic acids is 1. The number of fused-ring (bicyclic) bond motifs is 1. The molecule has 3 heteroatoms. The van der Waals surface area contributed by atoms with E-state index >= 15 is 0 Å². The molecule has 1 amide bonds. The van der Waals surface area contributed by atoms with Crippen molar-refractivity contribution < 1.29 is 9.53 Å². The second kappa shape index (κ2) is 5.86. The average molecular weight is 273 g/mol. The molecule has 0 saturated heterocycles. The number of nitrogens with zero attached hydrogens (tertiary/aromatic N) is 1. The van der Waals surface area contributed by atoms with Gasteiger partial charge in [0.1, 0.15) is 5.75 Å². The molecule has 2 saturated carbocycles. The van der Waals surface area contributed by atoms with Crippen LogP contribution in [-0.2, 0) is 4.79 Å². The van der Waals surface area contributed by atoms with Gasteiger partial charge < -0.3 is 9.64 Å². The number of hydrogen-bond donors (Lipinski definition) is 0. The van der Waals surface area contributed by atoms with E-state index in [1.54, 1.807) is 0 Å². The predicted octanol–water partition coefficient (Wildman–Crippen LogP) is 2.96. The van der Waals surface area contributed by atoms with Crippen LogP contribution in [0.25, 0.3) is 0 Å². The van der Waals surface area contributed by atoms with E-state index in [2.05, 4.69) is 0 Å². The van der Waals surface area contributed by atoms with E-state index in [-0.39, 0.29) is 0 Å². The van der Waals surface area contributed by atoms with Gasteiger partial charge >= 0.3 is 0 Å². The highest BCUT2D eigenvalue weighted by Gasteiger charge is 2.48. The maximum Gasteiger partial charge on any atom is 0.225 e. The first-order valence-electron chi connectivity index (χ1n) is 7.67. The predicted molar refractivity (Wildman–Crippen MR) is 78.5 cm³/mol. The molecule has 1 aromatic carbocycles. The summed E-state index contributed by atoms with van der Waals surface area (Å²) in [6.45, 7) is 1.45. The summed E-state index contributed by atoms with van der Waals surface area (Å²) in [7, 11) is 1.93. The lowest BCUT2D eigenvalue weighted by Crippen LogP contribution is -2.33. The number of hydrogen-bond acceptors (Lipinski definition) is 2. The van der Waals surface area contributed by atoms with Gasteiger partial charge in [-0.15, -0.1) is 0 Å². The number of ether oxygens (including phenoxy) is 1. The monoisotopic (exact) mass is 273 g/mol. The quantitative estimate of drug-likeness (QED) is 0.746. The number of benzene rings is 1. The molecule has 0 bridgehead atoms. The van der Waals surface area contributed by atoms with Crippen LogP contribution in [0.2, 0.25) is 0 Å². The summed E-state index contributed by atoms with van der Waals surface area (Å²) in [5, 5.41) is 0. The first-order valence-corrected chi connectivity index (χ1v) is 7.67. The molecule has 3 rings (SSSR count). The Hall–Kier alpha value is -1.51. The smallest absolute Gasteiger partial charge is 0.225 e. The van der Waals surface area contributed by atoms with Gasteiger partial charge in [0.15, 0.2) is 0 Å². The van der Waals surface area contributed by atoms with Crippen molar-refractivity contribution in [3.63, 3.8) is 0 Å². The van der Waals surface area contributed by atoms with Crippen LogP contribution in [0, 0.1) is 17.8 Å². The van der Waals surface area contributed by atoms with Crippen LogP contribution < -0.4 is 4.74 Å². The summed E-state index contributed by atoms with van der Waals surface area (Å²) in [6, 6.07) is 9.83. The SMILES string of the molecule is CN(CCCOc1ccccc1)C(=O)C1CC2CC2C1. The van der Waals surface area contributed by atoms with Crippen LogP contribution in [0.5, 0.6) is 5.75 Å². The van der Waals surface area contributed by atoms with E-state index < -0.39 is 0 Å². The molecule has 2 unspecified atom stereocenters. The zero-order valence-corrected chi connectivity index (χ0v) is 12.1. The fourth-order valence-corrected chi connectivity index (χ4v) is 3.35. The zero-order valence-electron chi connectivity index (χ0n) is 12.1. The summed E-state index contributed by atoms with van der Waals surface area (Å²) in [5.41, 5.74) is 0. The summed E-state index contributed by atoms with van der Waals surface area (Å²) in [5.74, 6) is 3.30. The van der Waals surface area contributed by atoms with E-state index in [1.165, 1.54) is 6.42 Å². The average Bonchev–Trinajstić information content (AvgIpc) is 3.10. The minimum absolute atomic E-state index is 0.304. The molecule has 2 aliphatic rings. The van der Waals surface area contributed by atoms with Gasteiger partial charge in [-0.2, -0.15) is 0 Å². The maximum atomic E-state index is 12.3. The number of rotatable bonds is 6. The van der Waals surface area contributed by atoms with Gasteiger partial charge in [-0.05, 0) is 49.7 Å². The van der Waals surface area contributed by atoms with E-state index in [9.17, 15) is 4.79 Å². The van der Waals surface area contributed by atoms with Crippen LogP contribution in [0.1, 0.15) is 25.7 Å². The molecular formula is C17H23NO2. The Bertz CT molecular complexity index is 449. The Labute approximate surface area is 120 Å². The van der Waals surface area contributed by atoms with Gasteiger partial charge in [0.05, 0.1) is 6.61 Å². The molecule has 0 heterocycles. The molecule has 0 aliphatic heterocycles. The molecule has 2 atom stereocenters. The molecular weight excluding hydrogens is 250 g/mol. The van der Waals surface area contributed by atoms with Crippen molar-refractivity contribution in [1.82, 2.24) is 4.90 Å². The summed E-state index contributed by atoms with van der Waals surface area (Å²) < 4.78 is 5.65. The lowest BCUT2D eigenvalue weighted by molar-refractivity contribution is -0.134. The molecule has 2 fully saturated rings. The van der Waals surface area contributed by atoms with Crippen LogP contribution in [0.3, 0.4) is 0 Å². The number of para-hydroxylation sites is 1. The highest BCUT2D eigenvalue weighted by Crippen LogP contribution is 2.54. The van der Waals surface area contributed by atoms with Crippen LogP contribution in [0.4, 0.5) is 0 Å². The van der Waals surface area contributed by atoms with Gasteiger partial charge in [-0.1, -0.05) is 18.2 Å². The highest BCUT2D eigenvalue weighted by molar-refractivity contribution is 5.79. The minimum Gasteiger partial charge on any atom is -0.494 e. The van der Waals surface area contributed by atoms with Crippen molar-refractivity contribution in [2.24, 2.45) is 17.8 Å². The van der Waals surface area contributed by atoms with Crippen LogP contribution >= 0.6 is 0 Å². The van der Waals surface area contributed by atoms with E-state index in [0.29, 0.717) is 18.4 Å². The largest absolute Gasteiger partial charge is 0.494 e. The molecule has 1 aromatic rings. The van der Waals surface area contributed by atoms with Crippen molar-refractivity contribution >= 4 is 5.91 Å². The summed E-state index contributed by atoms with van der Waals surface area (Å²) in [4.78, 5) is 14.2. The first kappa shape index (κ1) is 13.5. The third-order valence-corrected chi connectivity index (χ3v) is 4.62. The van der Waals surface area contributed by atoms with Gasteiger partial charge in [0.2, 0.25) is 5.91 Å². The second-order valence-electron chi connectivity index (χ2n) is 6.20. The summed E-state index contributed by atoms with van der Waals surface area (Å²) >= 11 is 0. The zero-order chi connectivity index (χ0) is 13.9. The van der Waals surface area contributed by atoms with Crippen molar-refractivity contribution in [1.29, 1.82) is 0 Å². The minimum atomic E-state index is 0.304. The molecule has 0 spiro atoms. The first-order chi connectivity index (χ1) is 9.74. The molecule has 108 valence electrons. The standard InChI is InChI=1S/C17H23NO2/c1-18(17(19)15-11-13-10-14(13)12-15)8-5-9-20-16-6-3-2-4-7-16/h2-4,6-7,13-15H,5,8-12H2,1H3. The van der Waals surface area contributed by atoms with Crippen molar-refractivity contribution in [3.05, 3.63) is 30.3 Å². The van der Waals surface area contributed by atoms with Gasteiger partial charge in [0.25, 0.3) is 0 Å². The fourth-order valence-electron chi connectivity index (χ4n) is 3.35. The van der Waals surface area contributed by atoms with Crippen molar-refractivity contribution in [2.75, 3.05) is 20.2 Å². The highest BCUT2D eigenvalue weighted by atomic mass is 16.5. The Morgan fingerprint density at radius 3 is 2.60 bits per heavy atom. The Morgan fingerprint density at radius 2 is 1.90 bits per heavy atom. The molecule has 0 aromatic heterocycles. The normalized spacial score (nSPS) is 26.9. The van der Waals surface area contributed by atoms with Gasteiger partial charge in [-0.3, -0.25) is 4.79 Å². The Kier molecular flexibility index (Phi) is 3.95. The molecule has 20 heavy (non-hydrogen) atoms. The Morgan fingerprint density at radius 1 is 1.20 bits per heavy atom. The topological polar surface area (TPSA) is 29.5 Å². The number of amides is 1. The fraction of sp³-hybridized carbons (Fsp3) is 0.588. The maximum absolute atomic E-state index is 12.3. The van der Waals surface area contributed by atoms with Crippen LogP contribution in [-0.4, -0.2) is 31.0 Å². The van der Waals surface area contributed by atoms with E-state index in [4.69, 9.17) is 4.74 Å². The molecule has 0 radical (unpaired) electrons. The van der Waals surface area contributed by atoms with Crippen molar-refractivity contribution in [3.8, 4) is 5.75 Å². The third-order valence-electron chi connectivity index (χ3n) is 4.62. The second-order valence-corrected chi connectivity index (χ2v) is 6.20. The molecule has 2 aliphatic carbocycles. The molecule has 3 nitrogen and oxygen atoms in total. The van der Waals surface area contributed by atoms with Crippen molar-refractivity contribution in [2.45, 2.75) is 25.7 Å². The molecule has 0 N–H and O–H groups in total. The third kappa shape index (κ3) is 3.14. The number of carbonyl (C=O) groups is 1. The Balaban J connectivity index is 1.34. The van der Waals surface area contributed by atoms with Gasteiger partial charge in [-0.25, -0.2) is 0 Å². The van der Waals surface area contributed by atoms with E-state index in [1.807, 2.05) is 42.3 Å². The van der Waals surface area contributed by atoms with Crippen LogP contribution in [0.15, 0.2) is 30.3 Å².